The molecule has 0 aliphatic carbocycles. The van der Waals surface area contributed by atoms with E-state index in [1.54, 1.807) is 13.1 Å². The molecule has 13 heteroatoms. The minimum Gasteiger partial charge on any atom is -0.449 e. The van der Waals surface area contributed by atoms with Crippen molar-refractivity contribution in [2.75, 3.05) is 30.4 Å². The summed E-state index contributed by atoms with van der Waals surface area (Å²) in [6, 6.07) is 7.40. The zero-order chi connectivity index (χ0) is 28.5. The van der Waals surface area contributed by atoms with Gasteiger partial charge in [0.2, 0.25) is 0 Å². The largest absolute Gasteiger partial charge is 0.449 e. The molecule has 0 saturated heterocycles. The summed E-state index contributed by atoms with van der Waals surface area (Å²) in [5.74, 6) is -2.99. The summed E-state index contributed by atoms with van der Waals surface area (Å²) in [6.45, 7) is 2.72. The Labute approximate surface area is 231 Å². The lowest BCUT2D eigenvalue weighted by Crippen LogP contribution is -2.48. The van der Waals surface area contributed by atoms with Crippen molar-refractivity contribution in [3.8, 4) is 0 Å². The smallest absolute Gasteiger partial charge is 0.414 e. The van der Waals surface area contributed by atoms with Crippen LogP contribution < -0.4 is 32.3 Å². The van der Waals surface area contributed by atoms with E-state index < -0.39 is 35.8 Å². The van der Waals surface area contributed by atoms with Crippen molar-refractivity contribution in [1.82, 2.24) is 10.6 Å². The monoisotopic (exact) mass is 561 g/mol. The van der Waals surface area contributed by atoms with E-state index in [0.29, 0.717) is 24.2 Å². The van der Waals surface area contributed by atoms with Gasteiger partial charge in [0.05, 0.1) is 35.9 Å². The van der Waals surface area contributed by atoms with Gasteiger partial charge in [-0.3, -0.25) is 19.5 Å². The molecular formula is C26H33ClFN7O4. The number of hydrogen-bond acceptors (Lipinski definition) is 6. The molecule has 7 N–H and O–H groups in total. The van der Waals surface area contributed by atoms with Gasteiger partial charge in [0.15, 0.2) is 5.96 Å². The second-order valence-electron chi connectivity index (χ2n) is 8.98. The molecule has 0 aromatic heterocycles. The number of amides is 3. The van der Waals surface area contributed by atoms with Gasteiger partial charge in [-0.15, -0.1) is 0 Å². The highest BCUT2D eigenvalue weighted by molar-refractivity contribution is 6.39. The number of nitrogens with zero attached hydrogens (tertiary/aromatic N) is 2. The Morgan fingerprint density at radius 1 is 1.13 bits per heavy atom. The molecule has 0 radical (unpaired) electrons. The highest BCUT2D eigenvalue weighted by Gasteiger charge is 2.44. The van der Waals surface area contributed by atoms with E-state index in [2.05, 4.69) is 20.9 Å². The Kier molecular flexibility index (Phi) is 10.5. The van der Waals surface area contributed by atoms with E-state index in [0.717, 1.165) is 24.5 Å². The standard InChI is InChI=1S/C26H33ClFN7O4/c1-3-4-5-10-39-26(38)35-20-11-15(13-31-2)6-8-17(20)22(21(35)14-32-25(29)30)34-24(37)23(36)33-16-7-9-18(27)19(28)12-16/h6-9,11-12,21-22,31H,3-5,10,13-14H2,1-2H3,(H,33,36)(H,34,37)(H4,29,30,32)/t21-,22+/m1/s1. The van der Waals surface area contributed by atoms with Crippen molar-refractivity contribution in [1.29, 1.82) is 0 Å². The van der Waals surface area contributed by atoms with Crippen LogP contribution in [-0.4, -0.2) is 50.1 Å². The maximum absolute atomic E-state index is 13.8. The third-order valence-electron chi connectivity index (χ3n) is 6.09. The van der Waals surface area contributed by atoms with Gasteiger partial charge < -0.3 is 32.2 Å². The van der Waals surface area contributed by atoms with E-state index >= 15 is 0 Å². The van der Waals surface area contributed by atoms with Gasteiger partial charge in [-0.25, -0.2) is 9.18 Å². The molecule has 0 unspecified atom stereocenters. The topological polar surface area (TPSA) is 164 Å². The fourth-order valence-electron chi connectivity index (χ4n) is 4.25. The molecule has 0 spiro atoms. The van der Waals surface area contributed by atoms with Crippen LogP contribution in [0.25, 0.3) is 0 Å². The molecule has 3 amide bonds. The summed E-state index contributed by atoms with van der Waals surface area (Å²) in [4.78, 5) is 44.4. The van der Waals surface area contributed by atoms with Crippen LogP contribution >= 0.6 is 11.6 Å². The number of benzene rings is 2. The van der Waals surface area contributed by atoms with Gasteiger partial charge >= 0.3 is 17.9 Å². The second kappa shape index (κ2) is 13.8. The molecule has 2 atom stereocenters. The average molecular weight is 562 g/mol. The maximum Gasteiger partial charge on any atom is 0.414 e. The fourth-order valence-corrected chi connectivity index (χ4v) is 4.37. The number of nitrogens with one attached hydrogen (secondary N) is 3. The molecule has 0 bridgehead atoms. The molecule has 3 rings (SSSR count). The fraction of sp³-hybridized carbons (Fsp3) is 0.385. The molecule has 0 fully saturated rings. The van der Waals surface area contributed by atoms with Crippen LogP contribution in [0.1, 0.15) is 43.4 Å². The lowest BCUT2D eigenvalue weighted by Gasteiger charge is -2.27. The molecule has 39 heavy (non-hydrogen) atoms. The van der Waals surface area contributed by atoms with Crippen molar-refractivity contribution in [2.45, 2.75) is 44.8 Å². The van der Waals surface area contributed by atoms with Gasteiger partial charge in [-0.1, -0.05) is 43.5 Å². The molecule has 1 aliphatic rings. The first-order valence-corrected chi connectivity index (χ1v) is 12.9. The summed E-state index contributed by atoms with van der Waals surface area (Å²) in [7, 11) is 1.79. The third kappa shape index (κ3) is 7.58. The Bertz CT molecular complexity index is 1240. The number of hydrogen-bond donors (Lipinski definition) is 5. The van der Waals surface area contributed by atoms with E-state index in [1.807, 2.05) is 19.1 Å². The van der Waals surface area contributed by atoms with Crippen molar-refractivity contribution >= 4 is 46.8 Å². The predicted octanol–water partition coefficient (Wildman–Crippen LogP) is 2.78. The van der Waals surface area contributed by atoms with E-state index in [9.17, 15) is 18.8 Å². The number of rotatable bonds is 10. The summed E-state index contributed by atoms with van der Waals surface area (Å²) >= 11 is 5.68. The van der Waals surface area contributed by atoms with E-state index in [1.165, 1.54) is 17.0 Å². The van der Waals surface area contributed by atoms with Crippen LogP contribution in [0.15, 0.2) is 41.4 Å². The summed E-state index contributed by atoms with van der Waals surface area (Å²) < 4.78 is 19.3. The van der Waals surface area contributed by atoms with Gasteiger partial charge in [0, 0.05) is 17.8 Å². The van der Waals surface area contributed by atoms with Crippen LogP contribution in [0.4, 0.5) is 20.6 Å². The van der Waals surface area contributed by atoms with Crippen molar-refractivity contribution in [3.05, 3.63) is 58.4 Å². The van der Waals surface area contributed by atoms with Gasteiger partial charge in [0.1, 0.15) is 5.82 Å². The number of fused-ring (bicyclic) bond motifs is 1. The Morgan fingerprint density at radius 2 is 1.90 bits per heavy atom. The van der Waals surface area contributed by atoms with Gasteiger partial charge in [0.25, 0.3) is 0 Å². The number of unbranched alkanes of at least 4 members (excludes halogenated alkanes) is 2. The maximum atomic E-state index is 13.8. The average Bonchev–Trinajstić information content (AvgIpc) is 3.19. The first-order valence-electron chi connectivity index (χ1n) is 12.5. The van der Waals surface area contributed by atoms with Crippen LogP contribution in [-0.2, 0) is 20.9 Å². The number of carbonyl (C=O) groups excluding carboxylic acids is 3. The third-order valence-corrected chi connectivity index (χ3v) is 6.39. The lowest BCUT2D eigenvalue weighted by atomic mass is 10.0. The summed E-state index contributed by atoms with van der Waals surface area (Å²) in [5, 5.41) is 7.96. The minimum absolute atomic E-state index is 0.0509. The number of guanidine groups is 1. The first kappa shape index (κ1) is 29.7. The highest BCUT2D eigenvalue weighted by Crippen LogP contribution is 2.41. The predicted molar refractivity (Wildman–Crippen MR) is 148 cm³/mol. The molecule has 1 heterocycles. The Morgan fingerprint density at radius 3 is 2.56 bits per heavy atom. The molecule has 0 saturated carbocycles. The molecule has 1 aliphatic heterocycles. The quantitative estimate of drug-likeness (QED) is 0.129. The summed E-state index contributed by atoms with van der Waals surface area (Å²) in [6.07, 6.45) is 1.94. The van der Waals surface area contributed by atoms with Crippen LogP contribution in [0, 0.1) is 5.82 Å². The van der Waals surface area contributed by atoms with Crippen molar-refractivity contribution in [2.24, 2.45) is 16.5 Å². The van der Waals surface area contributed by atoms with E-state index in [4.69, 9.17) is 27.8 Å². The van der Waals surface area contributed by atoms with Crippen molar-refractivity contribution in [3.63, 3.8) is 0 Å². The molecule has 11 nitrogen and oxygen atoms in total. The van der Waals surface area contributed by atoms with Crippen LogP contribution in [0.3, 0.4) is 0 Å². The minimum atomic E-state index is -1.04. The highest BCUT2D eigenvalue weighted by atomic mass is 35.5. The molecule has 2 aromatic rings. The zero-order valence-electron chi connectivity index (χ0n) is 21.8. The first-order chi connectivity index (χ1) is 18.7. The summed E-state index contributed by atoms with van der Waals surface area (Å²) in [5.41, 5.74) is 13.2. The van der Waals surface area contributed by atoms with Crippen LogP contribution in [0.5, 0.6) is 0 Å². The second-order valence-corrected chi connectivity index (χ2v) is 9.39. The number of aliphatic imine (C=N–C) groups is 1. The number of halogens is 2. The normalized spacial score (nSPS) is 15.8. The molecule has 210 valence electrons. The van der Waals surface area contributed by atoms with Crippen molar-refractivity contribution < 1.29 is 23.5 Å². The van der Waals surface area contributed by atoms with E-state index in [-0.39, 0.29) is 29.8 Å². The van der Waals surface area contributed by atoms with Gasteiger partial charge in [-0.05, 0) is 43.3 Å². The number of anilines is 2. The number of ether oxygens (including phenoxy) is 1. The SMILES string of the molecule is CCCCCOC(=O)N1c2cc(CNC)ccc2[C@H](NC(=O)C(=O)Nc2ccc(Cl)c(F)c2)[C@H]1CN=C(N)N. The number of carbonyl (C=O) groups is 3. The molecule has 2 aromatic carbocycles. The van der Waals surface area contributed by atoms with Gasteiger partial charge in [-0.2, -0.15) is 0 Å². The zero-order valence-corrected chi connectivity index (χ0v) is 22.6. The number of nitrogens with two attached hydrogens (primary N) is 2. The molecular weight excluding hydrogens is 529 g/mol. The lowest BCUT2D eigenvalue weighted by molar-refractivity contribution is -0.136. The van der Waals surface area contributed by atoms with Crippen LogP contribution in [0.2, 0.25) is 5.02 Å². The Hall–Kier alpha value is -3.90. The Balaban J connectivity index is 1.91.